The number of rotatable bonds is 3. The molecule has 0 aromatic heterocycles. The number of benzene rings is 1. The van der Waals surface area contributed by atoms with E-state index in [0.717, 1.165) is 24.1 Å². The second-order valence-electron chi connectivity index (χ2n) is 4.78. The predicted molar refractivity (Wildman–Crippen MR) is 78.3 cm³/mol. The Balaban J connectivity index is 2.01. The maximum absolute atomic E-state index is 12.4. The molecule has 5 heteroatoms. The number of para-hydroxylation sites is 1. The van der Waals surface area contributed by atoms with Crippen LogP contribution in [0.3, 0.4) is 0 Å². The number of hydrogen-bond acceptors (Lipinski definition) is 3. The predicted octanol–water partition coefficient (Wildman–Crippen LogP) is 2.04. The van der Waals surface area contributed by atoms with Crippen LogP contribution in [0.25, 0.3) is 0 Å². The van der Waals surface area contributed by atoms with Crippen LogP contribution in [0.15, 0.2) is 28.7 Å². The van der Waals surface area contributed by atoms with E-state index in [4.69, 9.17) is 4.74 Å². The highest BCUT2D eigenvalue weighted by atomic mass is 79.9. The first-order chi connectivity index (χ1) is 9.09. The van der Waals surface area contributed by atoms with Crippen molar-refractivity contribution < 1.29 is 9.53 Å². The van der Waals surface area contributed by atoms with E-state index in [1.54, 1.807) is 6.92 Å². The van der Waals surface area contributed by atoms with Crippen LogP contribution in [-0.4, -0.2) is 42.6 Å². The molecule has 2 atom stereocenters. The van der Waals surface area contributed by atoms with Crippen LogP contribution < -0.4 is 10.1 Å². The van der Waals surface area contributed by atoms with Crippen LogP contribution in [0.1, 0.15) is 13.8 Å². The van der Waals surface area contributed by atoms with Crippen LogP contribution in [0.2, 0.25) is 0 Å². The summed E-state index contributed by atoms with van der Waals surface area (Å²) in [7, 11) is 0. The van der Waals surface area contributed by atoms with Gasteiger partial charge >= 0.3 is 0 Å². The molecule has 1 N–H and O–H groups in total. The van der Waals surface area contributed by atoms with Crippen molar-refractivity contribution in [2.24, 2.45) is 0 Å². The van der Waals surface area contributed by atoms with E-state index in [9.17, 15) is 4.79 Å². The molecule has 104 valence electrons. The van der Waals surface area contributed by atoms with Crippen molar-refractivity contribution in [1.29, 1.82) is 0 Å². The zero-order valence-corrected chi connectivity index (χ0v) is 12.8. The molecule has 0 bridgehead atoms. The minimum Gasteiger partial charge on any atom is -0.480 e. The average Bonchev–Trinajstić information content (AvgIpc) is 2.41. The standard InChI is InChI=1S/C14H19BrN2O2/c1-10-9-16-7-8-17(10)14(18)11(2)19-13-6-4-3-5-12(13)15/h3-6,10-11,16H,7-9H2,1-2H3/t10-,11+/m1/s1. The van der Waals surface area contributed by atoms with E-state index in [0.29, 0.717) is 5.75 Å². The monoisotopic (exact) mass is 326 g/mol. The summed E-state index contributed by atoms with van der Waals surface area (Å²) in [6, 6.07) is 7.79. The number of nitrogens with one attached hydrogen (secondary N) is 1. The van der Waals surface area contributed by atoms with Gasteiger partial charge in [0.2, 0.25) is 0 Å². The number of nitrogens with zero attached hydrogens (tertiary/aromatic N) is 1. The Morgan fingerprint density at radius 1 is 1.53 bits per heavy atom. The zero-order chi connectivity index (χ0) is 13.8. The van der Waals surface area contributed by atoms with E-state index in [2.05, 4.69) is 28.2 Å². The van der Waals surface area contributed by atoms with Gasteiger partial charge in [0.05, 0.1) is 4.47 Å². The number of ether oxygens (including phenoxy) is 1. The van der Waals surface area contributed by atoms with Crippen molar-refractivity contribution in [3.63, 3.8) is 0 Å². The Morgan fingerprint density at radius 2 is 2.26 bits per heavy atom. The van der Waals surface area contributed by atoms with Crippen LogP contribution in [-0.2, 0) is 4.79 Å². The van der Waals surface area contributed by atoms with E-state index >= 15 is 0 Å². The molecule has 0 radical (unpaired) electrons. The normalized spacial score (nSPS) is 21.0. The Bertz CT molecular complexity index is 453. The van der Waals surface area contributed by atoms with Crippen molar-refractivity contribution in [1.82, 2.24) is 10.2 Å². The highest BCUT2D eigenvalue weighted by Crippen LogP contribution is 2.25. The molecule has 1 fully saturated rings. The molecular formula is C14H19BrN2O2. The fourth-order valence-corrected chi connectivity index (χ4v) is 2.56. The van der Waals surface area contributed by atoms with Crippen LogP contribution in [0.5, 0.6) is 5.75 Å². The highest BCUT2D eigenvalue weighted by molar-refractivity contribution is 9.10. The molecule has 0 spiro atoms. The van der Waals surface area contributed by atoms with Gasteiger partial charge in [-0.25, -0.2) is 0 Å². The Kier molecular flexibility index (Phi) is 4.82. The molecule has 1 saturated heterocycles. The lowest BCUT2D eigenvalue weighted by Gasteiger charge is -2.35. The third-order valence-electron chi connectivity index (χ3n) is 3.27. The maximum Gasteiger partial charge on any atom is 0.263 e. The molecule has 2 rings (SSSR count). The number of hydrogen-bond donors (Lipinski definition) is 1. The van der Waals surface area contributed by atoms with Crippen molar-refractivity contribution in [3.8, 4) is 5.75 Å². The molecule has 1 amide bonds. The van der Waals surface area contributed by atoms with Crippen LogP contribution in [0, 0.1) is 0 Å². The molecule has 1 aliphatic heterocycles. The Morgan fingerprint density at radius 3 is 2.95 bits per heavy atom. The van der Waals surface area contributed by atoms with Gasteiger partial charge in [-0.15, -0.1) is 0 Å². The topological polar surface area (TPSA) is 41.6 Å². The summed E-state index contributed by atoms with van der Waals surface area (Å²) < 4.78 is 6.61. The van der Waals surface area contributed by atoms with Crippen LogP contribution >= 0.6 is 15.9 Å². The second-order valence-corrected chi connectivity index (χ2v) is 5.63. The summed E-state index contributed by atoms with van der Waals surface area (Å²) in [5, 5.41) is 3.27. The Labute approximate surface area is 122 Å². The van der Waals surface area contributed by atoms with Crippen molar-refractivity contribution in [3.05, 3.63) is 28.7 Å². The van der Waals surface area contributed by atoms with Gasteiger partial charge in [0.15, 0.2) is 6.10 Å². The van der Waals surface area contributed by atoms with Gasteiger partial charge in [0, 0.05) is 25.7 Å². The summed E-state index contributed by atoms with van der Waals surface area (Å²) in [4.78, 5) is 14.3. The largest absolute Gasteiger partial charge is 0.480 e. The second kappa shape index (κ2) is 6.39. The lowest BCUT2D eigenvalue weighted by Crippen LogP contribution is -2.55. The Hall–Kier alpha value is -1.07. The summed E-state index contributed by atoms with van der Waals surface area (Å²) >= 11 is 3.42. The number of halogens is 1. The van der Waals surface area contributed by atoms with Gasteiger partial charge in [-0.1, -0.05) is 12.1 Å². The van der Waals surface area contributed by atoms with E-state index in [1.165, 1.54) is 0 Å². The number of piperazine rings is 1. The molecule has 4 nitrogen and oxygen atoms in total. The maximum atomic E-state index is 12.4. The molecule has 1 aliphatic rings. The summed E-state index contributed by atoms with van der Waals surface area (Å²) in [5.74, 6) is 0.746. The van der Waals surface area contributed by atoms with Gasteiger partial charge in [0.25, 0.3) is 5.91 Å². The van der Waals surface area contributed by atoms with Gasteiger partial charge in [-0.3, -0.25) is 4.79 Å². The van der Waals surface area contributed by atoms with Gasteiger partial charge in [-0.05, 0) is 41.9 Å². The van der Waals surface area contributed by atoms with E-state index in [1.807, 2.05) is 29.2 Å². The smallest absolute Gasteiger partial charge is 0.263 e. The molecule has 0 unspecified atom stereocenters. The van der Waals surface area contributed by atoms with Gasteiger partial charge in [-0.2, -0.15) is 0 Å². The molecule has 1 aromatic carbocycles. The molecule has 0 aliphatic carbocycles. The van der Waals surface area contributed by atoms with Gasteiger partial charge in [0.1, 0.15) is 5.75 Å². The van der Waals surface area contributed by atoms with Crippen molar-refractivity contribution >= 4 is 21.8 Å². The van der Waals surface area contributed by atoms with Gasteiger partial charge < -0.3 is 15.0 Å². The first-order valence-electron chi connectivity index (χ1n) is 6.52. The fourth-order valence-electron chi connectivity index (χ4n) is 2.18. The average molecular weight is 327 g/mol. The van der Waals surface area contributed by atoms with Crippen molar-refractivity contribution in [2.45, 2.75) is 26.0 Å². The first-order valence-corrected chi connectivity index (χ1v) is 7.31. The quantitative estimate of drug-likeness (QED) is 0.924. The van der Waals surface area contributed by atoms with Crippen molar-refractivity contribution in [2.75, 3.05) is 19.6 Å². The molecular weight excluding hydrogens is 308 g/mol. The third-order valence-corrected chi connectivity index (χ3v) is 3.93. The fraction of sp³-hybridized carbons (Fsp3) is 0.500. The number of carbonyl (C=O) groups excluding carboxylic acids is 1. The summed E-state index contributed by atoms with van der Waals surface area (Å²) in [6.07, 6.45) is -0.473. The minimum absolute atomic E-state index is 0.0461. The van der Waals surface area contributed by atoms with E-state index < -0.39 is 6.10 Å². The third kappa shape index (κ3) is 3.48. The zero-order valence-electron chi connectivity index (χ0n) is 11.2. The number of carbonyl (C=O) groups is 1. The highest BCUT2D eigenvalue weighted by Gasteiger charge is 2.28. The summed E-state index contributed by atoms with van der Waals surface area (Å²) in [6.45, 7) is 6.28. The SMILES string of the molecule is C[C@H](Oc1ccccc1Br)C(=O)N1CCNC[C@H]1C. The van der Waals surface area contributed by atoms with Crippen LogP contribution in [0.4, 0.5) is 0 Å². The lowest BCUT2D eigenvalue weighted by molar-refractivity contribution is -0.140. The molecule has 0 saturated carbocycles. The molecule has 1 aromatic rings. The first kappa shape index (κ1) is 14.3. The summed E-state index contributed by atoms with van der Waals surface area (Å²) in [5.41, 5.74) is 0. The minimum atomic E-state index is -0.473. The number of amides is 1. The molecule has 19 heavy (non-hydrogen) atoms. The molecule has 1 heterocycles. The van der Waals surface area contributed by atoms with E-state index in [-0.39, 0.29) is 11.9 Å². The lowest BCUT2D eigenvalue weighted by atomic mass is 10.2.